The SMILES string of the molecule is CC(NCc1ccon1)c1cccc(OC(F)F)c1. The largest absolute Gasteiger partial charge is 0.435 e. The van der Waals surface area contributed by atoms with Crippen molar-refractivity contribution in [2.45, 2.75) is 26.1 Å². The molecule has 0 radical (unpaired) electrons. The Bertz CT molecular complexity index is 503. The van der Waals surface area contributed by atoms with E-state index in [1.807, 2.05) is 13.0 Å². The van der Waals surface area contributed by atoms with E-state index in [1.54, 1.807) is 18.2 Å². The van der Waals surface area contributed by atoms with E-state index in [2.05, 4.69) is 15.2 Å². The van der Waals surface area contributed by atoms with Gasteiger partial charge in [0, 0.05) is 18.7 Å². The molecule has 1 aromatic heterocycles. The second-order valence-corrected chi connectivity index (χ2v) is 4.04. The summed E-state index contributed by atoms with van der Waals surface area (Å²) in [6.07, 6.45) is 1.50. The number of alkyl halides is 2. The Balaban J connectivity index is 1.96. The average molecular weight is 268 g/mol. The molecule has 1 N–H and O–H groups in total. The number of hydrogen-bond acceptors (Lipinski definition) is 4. The highest BCUT2D eigenvalue weighted by Gasteiger charge is 2.09. The zero-order valence-electron chi connectivity index (χ0n) is 10.3. The van der Waals surface area contributed by atoms with Crippen molar-refractivity contribution in [2.24, 2.45) is 0 Å². The fraction of sp³-hybridized carbons (Fsp3) is 0.308. The molecular weight excluding hydrogens is 254 g/mol. The minimum absolute atomic E-state index is 0.0158. The van der Waals surface area contributed by atoms with Crippen LogP contribution in [0.5, 0.6) is 5.75 Å². The summed E-state index contributed by atoms with van der Waals surface area (Å²) in [7, 11) is 0. The summed E-state index contributed by atoms with van der Waals surface area (Å²) in [5.74, 6) is 0.155. The molecule has 0 aliphatic carbocycles. The topological polar surface area (TPSA) is 47.3 Å². The van der Waals surface area contributed by atoms with Crippen LogP contribution in [0.15, 0.2) is 41.1 Å². The van der Waals surface area contributed by atoms with Gasteiger partial charge >= 0.3 is 6.61 Å². The normalized spacial score (nSPS) is 12.6. The lowest BCUT2D eigenvalue weighted by Crippen LogP contribution is -2.18. The maximum atomic E-state index is 12.1. The van der Waals surface area contributed by atoms with Gasteiger partial charge < -0.3 is 14.6 Å². The first-order valence-electron chi connectivity index (χ1n) is 5.82. The first kappa shape index (κ1) is 13.5. The fourth-order valence-corrected chi connectivity index (χ4v) is 1.66. The number of aromatic nitrogens is 1. The van der Waals surface area contributed by atoms with E-state index in [4.69, 9.17) is 4.52 Å². The van der Waals surface area contributed by atoms with Gasteiger partial charge in [-0.05, 0) is 24.6 Å². The van der Waals surface area contributed by atoms with Crippen molar-refractivity contribution in [2.75, 3.05) is 0 Å². The molecule has 1 atom stereocenters. The van der Waals surface area contributed by atoms with Gasteiger partial charge in [-0.2, -0.15) is 8.78 Å². The molecule has 1 unspecified atom stereocenters. The van der Waals surface area contributed by atoms with Gasteiger partial charge in [0.25, 0.3) is 0 Å². The number of benzene rings is 1. The van der Waals surface area contributed by atoms with Gasteiger partial charge in [0.05, 0.1) is 5.69 Å². The van der Waals surface area contributed by atoms with Crippen molar-refractivity contribution in [1.29, 1.82) is 0 Å². The van der Waals surface area contributed by atoms with Gasteiger partial charge in [-0.3, -0.25) is 0 Å². The quantitative estimate of drug-likeness (QED) is 0.874. The van der Waals surface area contributed by atoms with Crippen molar-refractivity contribution < 1.29 is 18.0 Å². The van der Waals surface area contributed by atoms with E-state index < -0.39 is 6.61 Å². The Kier molecular flexibility index (Phi) is 4.46. The van der Waals surface area contributed by atoms with Crippen LogP contribution >= 0.6 is 0 Å². The van der Waals surface area contributed by atoms with Crippen molar-refractivity contribution in [1.82, 2.24) is 10.5 Å². The van der Waals surface area contributed by atoms with Crippen LogP contribution in [0.2, 0.25) is 0 Å². The third-order valence-electron chi connectivity index (χ3n) is 2.66. The van der Waals surface area contributed by atoms with Gasteiger partial charge in [-0.15, -0.1) is 0 Å². The van der Waals surface area contributed by atoms with E-state index in [0.717, 1.165) is 11.3 Å². The van der Waals surface area contributed by atoms with Crippen LogP contribution in [0.1, 0.15) is 24.2 Å². The zero-order chi connectivity index (χ0) is 13.7. The monoisotopic (exact) mass is 268 g/mol. The molecule has 19 heavy (non-hydrogen) atoms. The summed E-state index contributed by atoms with van der Waals surface area (Å²) in [5, 5.41) is 6.99. The maximum Gasteiger partial charge on any atom is 0.387 e. The van der Waals surface area contributed by atoms with Crippen LogP contribution in [0.25, 0.3) is 0 Å². The van der Waals surface area contributed by atoms with Gasteiger partial charge in [-0.1, -0.05) is 17.3 Å². The Hall–Kier alpha value is -1.95. The van der Waals surface area contributed by atoms with Crippen LogP contribution in [0.4, 0.5) is 8.78 Å². The highest BCUT2D eigenvalue weighted by Crippen LogP contribution is 2.20. The highest BCUT2D eigenvalue weighted by atomic mass is 19.3. The van der Waals surface area contributed by atoms with E-state index in [-0.39, 0.29) is 11.8 Å². The summed E-state index contributed by atoms with van der Waals surface area (Å²) in [5.41, 5.74) is 1.65. The first-order chi connectivity index (χ1) is 9.15. The number of nitrogens with zero attached hydrogens (tertiary/aromatic N) is 1. The zero-order valence-corrected chi connectivity index (χ0v) is 10.3. The maximum absolute atomic E-state index is 12.1. The highest BCUT2D eigenvalue weighted by molar-refractivity contribution is 5.30. The average Bonchev–Trinajstić information content (AvgIpc) is 2.88. The lowest BCUT2D eigenvalue weighted by Gasteiger charge is -2.14. The summed E-state index contributed by atoms with van der Waals surface area (Å²) in [6.45, 7) is -0.340. The van der Waals surface area contributed by atoms with Crippen LogP contribution in [-0.2, 0) is 6.54 Å². The number of halogens is 2. The van der Waals surface area contributed by atoms with E-state index in [1.165, 1.54) is 12.3 Å². The predicted octanol–water partition coefficient (Wildman–Crippen LogP) is 3.13. The second kappa shape index (κ2) is 6.29. The lowest BCUT2D eigenvalue weighted by atomic mass is 10.1. The molecule has 0 bridgehead atoms. The molecule has 0 aliphatic heterocycles. The van der Waals surface area contributed by atoms with Gasteiger partial charge in [0.15, 0.2) is 0 Å². The first-order valence-corrected chi connectivity index (χ1v) is 5.82. The summed E-state index contributed by atoms with van der Waals surface area (Å²) in [4.78, 5) is 0. The third-order valence-corrected chi connectivity index (χ3v) is 2.66. The molecule has 0 fully saturated rings. The summed E-state index contributed by atoms with van der Waals surface area (Å²) < 4.78 is 33.4. The summed E-state index contributed by atoms with van der Waals surface area (Å²) >= 11 is 0. The number of hydrogen-bond donors (Lipinski definition) is 1. The van der Waals surface area contributed by atoms with Gasteiger partial charge in [-0.25, -0.2) is 0 Å². The smallest absolute Gasteiger partial charge is 0.387 e. The fourth-order valence-electron chi connectivity index (χ4n) is 1.66. The molecular formula is C13H14F2N2O2. The molecule has 0 spiro atoms. The Labute approximate surface area is 109 Å². The van der Waals surface area contributed by atoms with Gasteiger partial charge in [0.1, 0.15) is 12.0 Å². The molecule has 0 aliphatic rings. The third kappa shape index (κ3) is 4.03. The molecule has 0 saturated heterocycles. The van der Waals surface area contributed by atoms with E-state index in [9.17, 15) is 8.78 Å². The minimum atomic E-state index is -2.81. The second-order valence-electron chi connectivity index (χ2n) is 4.04. The van der Waals surface area contributed by atoms with Crippen molar-refractivity contribution in [3.05, 3.63) is 47.9 Å². The Morgan fingerprint density at radius 1 is 1.37 bits per heavy atom. The Morgan fingerprint density at radius 3 is 2.89 bits per heavy atom. The number of ether oxygens (including phenoxy) is 1. The minimum Gasteiger partial charge on any atom is -0.435 e. The number of nitrogens with one attached hydrogen (secondary N) is 1. The van der Waals surface area contributed by atoms with Crippen LogP contribution < -0.4 is 10.1 Å². The molecule has 1 heterocycles. The van der Waals surface area contributed by atoms with Gasteiger partial charge in [0.2, 0.25) is 0 Å². The molecule has 4 nitrogen and oxygen atoms in total. The number of rotatable bonds is 6. The molecule has 6 heteroatoms. The predicted molar refractivity (Wildman–Crippen MR) is 64.8 cm³/mol. The summed E-state index contributed by atoms with van der Waals surface area (Å²) in [6, 6.07) is 8.36. The van der Waals surface area contributed by atoms with E-state index in [0.29, 0.717) is 6.54 Å². The van der Waals surface area contributed by atoms with E-state index >= 15 is 0 Å². The molecule has 1 aromatic carbocycles. The van der Waals surface area contributed by atoms with Crippen LogP contribution in [-0.4, -0.2) is 11.8 Å². The standard InChI is InChI=1S/C13H14F2N2O2/c1-9(16-8-11-5-6-18-17-11)10-3-2-4-12(7-10)19-13(14)15/h2-7,9,13,16H,8H2,1H3. The Morgan fingerprint density at radius 2 is 2.21 bits per heavy atom. The van der Waals surface area contributed by atoms with Crippen molar-refractivity contribution in [3.8, 4) is 5.75 Å². The van der Waals surface area contributed by atoms with Crippen molar-refractivity contribution in [3.63, 3.8) is 0 Å². The molecule has 0 saturated carbocycles. The van der Waals surface area contributed by atoms with Crippen molar-refractivity contribution >= 4 is 0 Å². The molecule has 2 rings (SSSR count). The lowest BCUT2D eigenvalue weighted by molar-refractivity contribution is -0.0499. The van der Waals surface area contributed by atoms with Crippen LogP contribution in [0.3, 0.4) is 0 Å². The molecule has 102 valence electrons. The van der Waals surface area contributed by atoms with Crippen LogP contribution in [0, 0.1) is 0 Å². The molecule has 2 aromatic rings. The molecule has 0 amide bonds.